The fourth-order valence-electron chi connectivity index (χ4n) is 4.60. The Morgan fingerprint density at radius 3 is 2.69 bits per heavy atom. The monoisotopic (exact) mass is 419 g/mol. The molecular weight excluding hydrogens is 394 g/mol. The minimum atomic E-state index is -0.868. The van der Waals surface area contributed by atoms with Crippen molar-refractivity contribution in [3.63, 3.8) is 0 Å². The van der Waals surface area contributed by atoms with E-state index in [4.69, 9.17) is 0 Å². The molecule has 2 aliphatic rings. The van der Waals surface area contributed by atoms with Gasteiger partial charge in [-0.15, -0.1) is 0 Å². The lowest BCUT2D eigenvalue weighted by Crippen LogP contribution is -2.44. The molecule has 1 aromatic carbocycles. The van der Waals surface area contributed by atoms with Crippen LogP contribution in [-0.4, -0.2) is 22.8 Å². The SMILES string of the molecule is O=C(CC1CCCCC12C(=O)CCC2=O)Nc1cccc(CCCBr)c1. The van der Waals surface area contributed by atoms with E-state index in [2.05, 4.69) is 27.3 Å². The van der Waals surface area contributed by atoms with Crippen molar-refractivity contribution < 1.29 is 14.4 Å². The van der Waals surface area contributed by atoms with Gasteiger partial charge in [0.15, 0.2) is 0 Å². The number of nitrogens with one attached hydrogen (secondary N) is 1. The number of anilines is 1. The molecule has 1 N–H and O–H groups in total. The Bertz CT molecular complexity index is 684. The largest absolute Gasteiger partial charge is 0.326 e. The van der Waals surface area contributed by atoms with Crippen molar-refractivity contribution in [3.8, 4) is 0 Å². The zero-order valence-electron chi connectivity index (χ0n) is 15.1. The molecule has 2 saturated carbocycles. The van der Waals surface area contributed by atoms with Crippen LogP contribution in [-0.2, 0) is 20.8 Å². The van der Waals surface area contributed by atoms with Crippen LogP contribution in [0.25, 0.3) is 0 Å². The summed E-state index contributed by atoms with van der Waals surface area (Å²) in [5, 5.41) is 3.92. The second-order valence-electron chi connectivity index (χ2n) is 7.51. The predicted octanol–water partition coefficient (Wildman–Crippen LogP) is 4.45. The fraction of sp³-hybridized carbons (Fsp3) is 0.571. The van der Waals surface area contributed by atoms with Gasteiger partial charge in [0.1, 0.15) is 11.6 Å². The number of benzene rings is 1. The summed E-state index contributed by atoms with van der Waals surface area (Å²) in [6.45, 7) is 0. The molecule has 0 radical (unpaired) electrons. The van der Waals surface area contributed by atoms with Crippen LogP contribution in [0.2, 0.25) is 0 Å². The molecule has 0 saturated heterocycles. The normalized spacial score (nSPS) is 22.0. The summed E-state index contributed by atoms with van der Waals surface area (Å²) in [7, 11) is 0. The van der Waals surface area contributed by atoms with Crippen molar-refractivity contribution in [2.75, 3.05) is 10.6 Å². The lowest BCUT2D eigenvalue weighted by molar-refractivity contribution is -0.142. The van der Waals surface area contributed by atoms with Crippen molar-refractivity contribution in [2.24, 2.45) is 11.3 Å². The predicted molar refractivity (Wildman–Crippen MR) is 105 cm³/mol. The maximum atomic E-state index is 12.6. The van der Waals surface area contributed by atoms with Gasteiger partial charge in [-0.1, -0.05) is 40.9 Å². The zero-order chi connectivity index (χ0) is 18.6. The number of ketones is 2. The van der Waals surface area contributed by atoms with Gasteiger partial charge >= 0.3 is 0 Å². The van der Waals surface area contributed by atoms with Crippen molar-refractivity contribution >= 4 is 39.1 Å². The van der Waals surface area contributed by atoms with E-state index < -0.39 is 5.41 Å². The van der Waals surface area contributed by atoms with Crippen LogP contribution in [0, 0.1) is 11.3 Å². The Morgan fingerprint density at radius 2 is 1.96 bits per heavy atom. The summed E-state index contributed by atoms with van der Waals surface area (Å²) >= 11 is 3.44. The standard InChI is InChI=1S/C21H26BrNO3/c22-12-4-6-15-5-3-8-17(13-15)23-20(26)14-16-7-1-2-11-21(16)18(24)9-10-19(21)25/h3,5,8,13,16H,1-2,4,6-7,9-12,14H2,(H,23,26). The van der Waals surface area contributed by atoms with E-state index in [0.717, 1.165) is 43.1 Å². The van der Waals surface area contributed by atoms with Gasteiger partial charge < -0.3 is 5.32 Å². The highest BCUT2D eigenvalue weighted by atomic mass is 79.9. The lowest BCUT2D eigenvalue weighted by Gasteiger charge is -2.38. The van der Waals surface area contributed by atoms with E-state index in [9.17, 15) is 14.4 Å². The number of carbonyl (C=O) groups is 3. The minimum Gasteiger partial charge on any atom is -0.326 e. The molecule has 2 aliphatic carbocycles. The highest BCUT2D eigenvalue weighted by Crippen LogP contribution is 2.49. The van der Waals surface area contributed by atoms with Crippen LogP contribution in [0.15, 0.2) is 24.3 Å². The summed E-state index contributed by atoms with van der Waals surface area (Å²) in [6, 6.07) is 7.90. The average Bonchev–Trinajstić information content (AvgIpc) is 2.91. The van der Waals surface area contributed by atoms with Gasteiger partial charge in [-0.2, -0.15) is 0 Å². The van der Waals surface area contributed by atoms with Crippen LogP contribution in [0.4, 0.5) is 5.69 Å². The number of carbonyl (C=O) groups excluding carboxylic acids is 3. The first-order chi connectivity index (χ1) is 12.6. The zero-order valence-corrected chi connectivity index (χ0v) is 16.6. The topological polar surface area (TPSA) is 63.2 Å². The van der Waals surface area contributed by atoms with Crippen LogP contribution in [0.1, 0.15) is 56.9 Å². The molecule has 140 valence electrons. The van der Waals surface area contributed by atoms with Crippen LogP contribution >= 0.6 is 15.9 Å². The molecule has 0 heterocycles. The van der Waals surface area contributed by atoms with Gasteiger partial charge in [-0.25, -0.2) is 0 Å². The molecule has 1 atom stereocenters. The summed E-state index contributed by atoms with van der Waals surface area (Å²) < 4.78 is 0. The Kier molecular flexibility index (Phi) is 6.28. The van der Waals surface area contributed by atoms with Crippen LogP contribution < -0.4 is 5.32 Å². The third-order valence-electron chi connectivity index (χ3n) is 5.89. The van der Waals surface area contributed by atoms with Crippen LogP contribution in [0.5, 0.6) is 0 Å². The molecule has 5 heteroatoms. The quantitative estimate of drug-likeness (QED) is 0.546. The molecule has 26 heavy (non-hydrogen) atoms. The van der Waals surface area contributed by atoms with E-state index in [1.807, 2.05) is 18.2 Å². The molecule has 1 aromatic rings. The van der Waals surface area contributed by atoms with Gasteiger partial charge in [0, 0.05) is 30.3 Å². The van der Waals surface area contributed by atoms with E-state index >= 15 is 0 Å². The first-order valence-electron chi connectivity index (χ1n) is 9.57. The second kappa shape index (κ2) is 8.47. The summed E-state index contributed by atoms with van der Waals surface area (Å²) in [5.41, 5.74) is 1.11. The molecule has 1 amide bonds. The highest BCUT2D eigenvalue weighted by molar-refractivity contribution is 9.09. The molecule has 1 unspecified atom stereocenters. The number of aryl methyl sites for hydroxylation is 1. The molecule has 1 spiro atoms. The smallest absolute Gasteiger partial charge is 0.224 e. The summed E-state index contributed by atoms with van der Waals surface area (Å²) in [5.74, 6) is -0.106. The summed E-state index contributed by atoms with van der Waals surface area (Å²) in [4.78, 5) is 37.6. The van der Waals surface area contributed by atoms with Crippen molar-refractivity contribution in [3.05, 3.63) is 29.8 Å². The van der Waals surface area contributed by atoms with Gasteiger partial charge in [-0.3, -0.25) is 14.4 Å². The van der Waals surface area contributed by atoms with E-state index in [1.165, 1.54) is 5.56 Å². The molecular formula is C21H26BrNO3. The Hall–Kier alpha value is -1.49. The van der Waals surface area contributed by atoms with E-state index in [-0.39, 0.29) is 29.8 Å². The third kappa shape index (κ3) is 3.93. The maximum Gasteiger partial charge on any atom is 0.224 e. The van der Waals surface area contributed by atoms with Gasteiger partial charge in [-0.05, 0) is 49.3 Å². The number of halogens is 1. The second-order valence-corrected chi connectivity index (χ2v) is 8.30. The number of hydrogen-bond acceptors (Lipinski definition) is 3. The summed E-state index contributed by atoms with van der Waals surface area (Å²) in [6.07, 6.45) is 6.28. The Balaban J connectivity index is 1.67. The number of alkyl halides is 1. The molecule has 0 aromatic heterocycles. The number of hydrogen-bond donors (Lipinski definition) is 1. The van der Waals surface area contributed by atoms with Crippen molar-refractivity contribution in [1.82, 2.24) is 0 Å². The minimum absolute atomic E-state index is 0.0665. The molecule has 0 aliphatic heterocycles. The number of Topliss-reactive ketones (excluding diaryl/α,β-unsaturated/α-hetero) is 2. The molecule has 2 fully saturated rings. The highest BCUT2D eigenvalue weighted by Gasteiger charge is 2.55. The maximum absolute atomic E-state index is 12.6. The lowest BCUT2D eigenvalue weighted by atomic mass is 9.63. The first-order valence-corrected chi connectivity index (χ1v) is 10.7. The molecule has 3 rings (SSSR count). The Morgan fingerprint density at radius 1 is 1.19 bits per heavy atom. The third-order valence-corrected chi connectivity index (χ3v) is 6.45. The number of rotatable bonds is 6. The average molecular weight is 420 g/mol. The van der Waals surface area contributed by atoms with E-state index in [1.54, 1.807) is 0 Å². The fourth-order valence-corrected chi connectivity index (χ4v) is 4.88. The molecule has 0 bridgehead atoms. The molecule has 4 nitrogen and oxygen atoms in total. The van der Waals surface area contributed by atoms with Crippen molar-refractivity contribution in [2.45, 2.75) is 57.8 Å². The van der Waals surface area contributed by atoms with Crippen LogP contribution in [0.3, 0.4) is 0 Å². The Labute approximate surface area is 163 Å². The van der Waals surface area contributed by atoms with Gasteiger partial charge in [0.25, 0.3) is 0 Å². The van der Waals surface area contributed by atoms with Gasteiger partial charge in [0.2, 0.25) is 5.91 Å². The first kappa shape index (κ1) is 19.3. The van der Waals surface area contributed by atoms with Crippen molar-refractivity contribution in [1.29, 1.82) is 0 Å². The number of amides is 1. The van der Waals surface area contributed by atoms with E-state index in [0.29, 0.717) is 19.3 Å². The van der Waals surface area contributed by atoms with Gasteiger partial charge in [0.05, 0.1) is 5.41 Å².